The molecule has 5 nitrogen and oxygen atoms in total. The summed E-state index contributed by atoms with van der Waals surface area (Å²) in [6.07, 6.45) is 5.70. The first-order chi connectivity index (χ1) is 14.2. The highest BCUT2D eigenvalue weighted by molar-refractivity contribution is 5.71. The van der Waals surface area contributed by atoms with Crippen LogP contribution in [-0.2, 0) is 6.54 Å². The number of aromatic nitrogens is 3. The Morgan fingerprint density at radius 1 is 1.03 bits per heavy atom. The van der Waals surface area contributed by atoms with Crippen molar-refractivity contribution in [3.8, 4) is 17.0 Å². The first-order valence-electron chi connectivity index (χ1n) is 10.0. The van der Waals surface area contributed by atoms with E-state index in [1.807, 2.05) is 48.7 Å². The minimum atomic E-state index is -0.0582. The lowest BCUT2D eigenvalue weighted by Gasteiger charge is -2.09. The molecule has 0 spiro atoms. The third-order valence-corrected chi connectivity index (χ3v) is 4.96. The van der Waals surface area contributed by atoms with Crippen molar-refractivity contribution in [1.82, 2.24) is 14.2 Å². The van der Waals surface area contributed by atoms with Crippen LogP contribution in [0.25, 0.3) is 16.8 Å². The van der Waals surface area contributed by atoms with Gasteiger partial charge in [-0.3, -0.25) is 4.79 Å². The van der Waals surface area contributed by atoms with Gasteiger partial charge in [-0.15, -0.1) is 0 Å². The third-order valence-electron chi connectivity index (χ3n) is 4.96. The molecule has 2 aromatic carbocycles. The van der Waals surface area contributed by atoms with E-state index in [9.17, 15) is 4.79 Å². The normalized spacial score (nSPS) is 11.1. The number of fused-ring (bicyclic) bond motifs is 1. The van der Waals surface area contributed by atoms with Crippen molar-refractivity contribution in [3.63, 3.8) is 0 Å². The van der Waals surface area contributed by atoms with Crippen LogP contribution in [0.5, 0.6) is 5.75 Å². The number of aryl methyl sites for hydroxylation is 1. The van der Waals surface area contributed by atoms with Crippen LogP contribution in [0.1, 0.15) is 30.9 Å². The fourth-order valence-electron chi connectivity index (χ4n) is 3.42. The van der Waals surface area contributed by atoms with Crippen molar-refractivity contribution in [2.45, 2.75) is 33.2 Å². The highest BCUT2D eigenvalue weighted by atomic mass is 16.5. The zero-order valence-corrected chi connectivity index (χ0v) is 16.8. The number of hydrogen-bond acceptors (Lipinski definition) is 3. The molecular weight excluding hydrogens is 362 g/mol. The predicted octanol–water partition coefficient (Wildman–Crippen LogP) is 4.70. The van der Waals surface area contributed by atoms with Crippen LogP contribution in [0.15, 0.2) is 71.8 Å². The van der Waals surface area contributed by atoms with Gasteiger partial charge < -0.3 is 9.30 Å². The van der Waals surface area contributed by atoms with E-state index in [1.54, 1.807) is 15.3 Å². The summed E-state index contributed by atoms with van der Waals surface area (Å²) in [4.78, 5) is 13.0. The lowest BCUT2D eigenvalue weighted by Crippen LogP contribution is -2.21. The van der Waals surface area contributed by atoms with Crippen LogP contribution in [0.3, 0.4) is 0 Å². The molecule has 0 aliphatic carbocycles. The Hall–Kier alpha value is -3.34. The average Bonchev–Trinajstić information content (AvgIpc) is 3.16. The Morgan fingerprint density at radius 3 is 2.72 bits per heavy atom. The number of ether oxygens (including phenoxy) is 1. The fraction of sp³-hybridized carbons (Fsp3) is 0.250. The zero-order valence-electron chi connectivity index (χ0n) is 16.8. The molecule has 4 rings (SSSR count). The number of rotatable bonds is 7. The molecule has 4 aromatic rings. The SMILES string of the molecule is CCCCOc1ccccc1-c1cc2c(=O)n(Cc3cccc(C)c3)ccn2n1. The van der Waals surface area contributed by atoms with Crippen LogP contribution in [0.4, 0.5) is 0 Å². The van der Waals surface area contributed by atoms with Gasteiger partial charge in [0.15, 0.2) is 0 Å². The summed E-state index contributed by atoms with van der Waals surface area (Å²) < 4.78 is 9.31. The topological polar surface area (TPSA) is 48.5 Å². The van der Waals surface area contributed by atoms with Crippen LogP contribution in [-0.4, -0.2) is 20.8 Å². The maximum absolute atomic E-state index is 13.0. The molecule has 0 saturated heterocycles. The van der Waals surface area contributed by atoms with Crippen LogP contribution in [0, 0.1) is 6.92 Å². The molecule has 0 fully saturated rings. The van der Waals surface area contributed by atoms with E-state index in [2.05, 4.69) is 31.1 Å². The minimum absolute atomic E-state index is 0.0582. The molecule has 0 saturated carbocycles. The number of unbranched alkanes of at least 4 members (excludes halogenated alkanes) is 1. The van der Waals surface area contributed by atoms with Gasteiger partial charge in [-0.25, -0.2) is 4.52 Å². The summed E-state index contributed by atoms with van der Waals surface area (Å²) in [5.74, 6) is 0.796. The Balaban J connectivity index is 1.69. The number of hydrogen-bond donors (Lipinski definition) is 0. The molecule has 0 amide bonds. The van der Waals surface area contributed by atoms with Crippen molar-refractivity contribution in [3.05, 3.63) is 88.5 Å². The molecule has 0 N–H and O–H groups in total. The summed E-state index contributed by atoms with van der Waals surface area (Å²) >= 11 is 0. The van der Waals surface area contributed by atoms with Gasteiger partial charge in [-0.2, -0.15) is 5.10 Å². The van der Waals surface area contributed by atoms with Gasteiger partial charge in [0, 0.05) is 18.0 Å². The van der Waals surface area contributed by atoms with Crippen molar-refractivity contribution in [2.24, 2.45) is 0 Å². The molecular formula is C24H25N3O2. The Labute approximate surface area is 170 Å². The lowest BCUT2D eigenvalue weighted by molar-refractivity contribution is 0.310. The molecule has 29 heavy (non-hydrogen) atoms. The molecule has 0 aliphatic rings. The Morgan fingerprint density at radius 2 is 1.90 bits per heavy atom. The van der Waals surface area contributed by atoms with Crippen molar-refractivity contribution >= 4 is 5.52 Å². The monoisotopic (exact) mass is 387 g/mol. The average molecular weight is 387 g/mol. The number of para-hydroxylation sites is 1. The highest BCUT2D eigenvalue weighted by Gasteiger charge is 2.13. The van der Waals surface area contributed by atoms with E-state index < -0.39 is 0 Å². The van der Waals surface area contributed by atoms with Gasteiger partial charge in [0.25, 0.3) is 5.56 Å². The first-order valence-corrected chi connectivity index (χ1v) is 10.0. The van der Waals surface area contributed by atoms with E-state index in [1.165, 1.54) is 5.56 Å². The fourth-order valence-corrected chi connectivity index (χ4v) is 3.42. The maximum Gasteiger partial charge on any atom is 0.276 e. The second-order valence-electron chi connectivity index (χ2n) is 7.28. The first kappa shape index (κ1) is 19.0. The Kier molecular flexibility index (Phi) is 5.47. The summed E-state index contributed by atoms with van der Waals surface area (Å²) in [6.45, 7) is 5.40. The minimum Gasteiger partial charge on any atom is -0.493 e. The molecule has 0 aliphatic heterocycles. The van der Waals surface area contributed by atoms with Crippen LogP contribution in [0.2, 0.25) is 0 Å². The third kappa shape index (κ3) is 4.09. The van der Waals surface area contributed by atoms with E-state index in [-0.39, 0.29) is 5.56 Å². The zero-order chi connectivity index (χ0) is 20.2. The largest absolute Gasteiger partial charge is 0.493 e. The van der Waals surface area contributed by atoms with Gasteiger partial charge in [-0.05, 0) is 37.1 Å². The summed E-state index contributed by atoms with van der Waals surface area (Å²) in [6, 6.07) is 17.9. The molecule has 0 unspecified atom stereocenters. The maximum atomic E-state index is 13.0. The van der Waals surface area contributed by atoms with Gasteiger partial charge in [0.2, 0.25) is 0 Å². The van der Waals surface area contributed by atoms with Crippen molar-refractivity contribution in [2.75, 3.05) is 6.61 Å². The van der Waals surface area contributed by atoms with Crippen molar-refractivity contribution < 1.29 is 4.74 Å². The van der Waals surface area contributed by atoms with E-state index in [0.29, 0.717) is 18.7 Å². The smallest absolute Gasteiger partial charge is 0.276 e. The molecule has 0 bridgehead atoms. The Bertz CT molecular complexity index is 1190. The van der Waals surface area contributed by atoms with E-state index >= 15 is 0 Å². The molecule has 148 valence electrons. The summed E-state index contributed by atoms with van der Waals surface area (Å²) in [5.41, 5.74) is 4.42. The van der Waals surface area contributed by atoms with Gasteiger partial charge in [0.05, 0.1) is 18.8 Å². The summed E-state index contributed by atoms with van der Waals surface area (Å²) in [7, 11) is 0. The van der Waals surface area contributed by atoms with E-state index in [0.717, 1.165) is 35.4 Å². The number of nitrogens with zero attached hydrogens (tertiary/aromatic N) is 3. The van der Waals surface area contributed by atoms with E-state index in [4.69, 9.17) is 4.74 Å². The van der Waals surface area contributed by atoms with Crippen LogP contribution < -0.4 is 10.3 Å². The molecule has 0 radical (unpaired) electrons. The predicted molar refractivity (Wildman–Crippen MR) is 116 cm³/mol. The quantitative estimate of drug-likeness (QED) is 0.432. The second kappa shape index (κ2) is 8.35. The lowest BCUT2D eigenvalue weighted by atomic mass is 10.1. The van der Waals surface area contributed by atoms with Crippen LogP contribution >= 0.6 is 0 Å². The van der Waals surface area contributed by atoms with Gasteiger partial charge >= 0.3 is 0 Å². The molecule has 2 heterocycles. The van der Waals surface area contributed by atoms with Crippen molar-refractivity contribution in [1.29, 1.82) is 0 Å². The molecule has 5 heteroatoms. The summed E-state index contributed by atoms with van der Waals surface area (Å²) in [5, 5.41) is 4.62. The van der Waals surface area contributed by atoms with Gasteiger partial charge in [0.1, 0.15) is 11.3 Å². The second-order valence-corrected chi connectivity index (χ2v) is 7.28. The molecule has 0 atom stereocenters. The van der Waals surface area contributed by atoms with Gasteiger partial charge in [-0.1, -0.05) is 55.3 Å². The number of benzene rings is 2. The molecule has 2 aromatic heterocycles. The standard InChI is InChI=1S/C24H25N3O2/c1-3-4-14-29-23-11-6-5-10-20(23)21-16-22-24(28)26(12-13-27(22)25-21)17-19-9-7-8-18(2)15-19/h5-13,15-16H,3-4,14,17H2,1-2H3. The highest BCUT2D eigenvalue weighted by Crippen LogP contribution is 2.29.